The highest BCUT2D eigenvalue weighted by Crippen LogP contribution is 2.28. The second-order valence-corrected chi connectivity index (χ2v) is 5.28. The smallest absolute Gasteiger partial charge is 0.248 e. The molecule has 1 unspecified atom stereocenters. The fourth-order valence-corrected chi connectivity index (χ4v) is 2.05. The number of aryl methyl sites for hydroxylation is 1. The number of nitrogens with zero attached hydrogens (tertiary/aromatic N) is 1. The third-order valence-corrected chi connectivity index (χ3v) is 3.16. The predicted octanol–water partition coefficient (Wildman–Crippen LogP) is 2.39. The molecule has 1 aromatic heterocycles. The fourth-order valence-electron chi connectivity index (χ4n) is 2.05. The van der Waals surface area contributed by atoms with E-state index in [1.165, 1.54) is 14.0 Å². The molecule has 0 spiro atoms. The molecule has 0 aliphatic rings. The number of ether oxygens (including phenoxy) is 1. The lowest BCUT2D eigenvalue weighted by Crippen LogP contribution is -2.31. The zero-order valence-electron chi connectivity index (χ0n) is 14.0. The van der Waals surface area contributed by atoms with Gasteiger partial charge in [-0.1, -0.05) is 5.16 Å². The van der Waals surface area contributed by atoms with E-state index in [1.54, 1.807) is 38.1 Å². The number of carbonyl (C=O) groups excluding carboxylic acids is 2. The molecule has 1 atom stereocenters. The molecule has 1 heterocycles. The lowest BCUT2D eigenvalue weighted by molar-refractivity contribution is -0.117. The van der Waals surface area contributed by atoms with Crippen molar-refractivity contribution in [2.24, 2.45) is 0 Å². The van der Waals surface area contributed by atoms with Gasteiger partial charge in [0.25, 0.3) is 0 Å². The van der Waals surface area contributed by atoms with Crippen molar-refractivity contribution in [3.05, 3.63) is 30.0 Å². The molecule has 2 rings (SSSR count). The van der Waals surface area contributed by atoms with E-state index in [2.05, 4.69) is 21.1 Å². The van der Waals surface area contributed by atoms with E-state index in [0.717, 1.165) is 0 Å². The minimum Gasteiger partial charge on any atom is -0.495 e. The third kappa shape index (κ3) is 4.48. The first-order valence-electron chi connectivity index (χ1n) is 7.35. The molecule has 0 aliphatic carbocycles. The molecular weight excluding hydrogens is 312 g/mol. The Kier molecular flexibility index (Phi) is 5.41. The number of aromatic nitrogens is 1. The first-order valence-corrected chi connectivity index (χ1v) is 7.35. The van der Waals surface area contributed by atoms with Crippen LogP contribution in [0.4, 0.5) is 17.3 Å². The van der Waals surface area contributed by atoms with Crippen LogP contribution < -0.4 is 20.7 Å². The molecule has 8 heteroatoms. The molecule has 1 aromatic carbocycles. The first-order chi connectivity index (χ1) is 11.4. The summed E-state index contributed by atoms with van der Waals surface area (Å²) in [6.45, 7) is 4.88. The van der Waals surface area contributed by atoms with E-state index < -0.39 is 6.04 Å². The average molecular weight is 332 g/mol. The molecular formula is C16H20N4O4. The van der Waals surface area contributed by atoms with Crippen LogP contribution in [-0.4, -0.2) is 30.1 Å². The molecule has 8 nitrogen and oxygen atoms in total. The van der Waals surface area contributed by atoms with Gasteiger partial charge in [-0.25, -0.2) is 0 Å². The summed E-state index contributed by atoms with van der Waals surface area (Å²) >= 11 is 0. The molecule has 3 N–H and O–H groups in total. The monoisotopic (exact) mass is 332 g/mol. The Labute approximate surface area is 139 Å². The Bertz CT molecular complexity index is 741. The van der Waals surface area contributed by atoms with Crippen LogP contribution in [0.25, 0.3) is 0 Å². The summed E-state index contributed by atoms with van der Waals surface area (Å²) in [5.41, 5.74) is 1.86. The first kappa shape index (κ1) is 17.3. The molecule has 0 aliphatic heterocycles. The number of hydrogen-bond donors (Lipinski definition) is 3. The number of methoxy groups -OCH3 is 1. The summed E-state index contributed by atoms with van der Waals surface area (Å²) in [5, 5.41) is 12.1. The zero-order chi connectivity index (χ0) is 17.7. The summed E-state index contributed by atoms with van der Waals surface area (Å²) in [7, 11) is 1.53. The lowest BCUT2D eigenvalue weighted by atomic mass is 10.2. The van der Waals surface area contributed by atoms with Crippen molar-refractivity contribution in [2.75, 3.05) is 23.1 Å². The normalized spacial score (nSPS) is 11.5. The zero-order valence-corrected chi connectivity index (χ0v) is 14.0. The molecule has 0 radical (unpaired) electrons. The Hall–Kier alpha value is -3.03. The van der Waals surface area contributed by atoms with Crippen molar-refractivity contribution < 1.29 is 18.8 Å². The topological polar surface area (TPSA) is 105 Å². The minimum absolute atomic E-state index is 0.183. The van der Waals surface area contributed by atoms with Gasteiger partial charge in [-0.15, -0.1) is 0 Å². The third-order valence-electron chi connectivity index (χ3n) is 3.16. The Morgan fingerprint density at radius 2 is 2.00 bits per heavy atom. The van der Waals surface area contributed by atoms with Gasteiger partial charge >= 0.3 is 0 Å². The van der Waals surface area contributed by atoms with Gasteiger partial charge in [0.15, 0.2) is 0 Å². The predicted molar refractivity (Wildman–Crippen MR) is 90.3 cm³/mol. The van der Waals surface area contributed by atoms with Gasteiger partial charge in [-0.3, -0.25) is 14.9 Å². The fraction of sp³-hybridized carbons (Fsp3) is 0.312. The van der Waals surface area contributed by atoms with Crippen LogP contribution in [-0.2, 0) is 9.59 Å². The van der Waals surface area contributed by atoms with Crippen LogP contribution in [0.1, 0.15) is 19.5 Å². The van der Waals surface area contributed by atoms with Gasteiger partial charge in [-0.05, 0) is 32.0 Å². The summed E-state index contributed by atoms with van der Waals surface area (Å²) in [6, 6.07) is 6.17. The number of amides is 2. The summed E-state index contributed by atoms with van der Waals surface area (Å²) in [6.07, 6.45) is 0. The number of carbonyl (C=O) groups is 2. The van der Waals surface area contributed by atoms with E-state index in [0.29, 0.717) is 22.8 Å². The number of hydrogen-bond acceptors (Lipinski definition) is 6. The largest absolute Gasteiger partial charge is 0.495 e. The van der Waals surface area contributed by atoms with E-state index in [1.807, 2.05) is 0 Å². The average Bonchev–Trinajstić information content (AvgIpc) is 2.92. The Morgan fingerprint density at radius 1 is 1.25 bits per heavy atom. The van der Waals surface area contributed by atoms with Crippen LogP contribution in [0, 0.1) is 6.92 Å². The van der Waals surface area contributed by atoms with Crippen LogP contribution in [0.2, 0.25) is 0 Å². The SMILES string of the molecule is COc1ccc(NC(C)=O)cc1NC(C)C(=O)Nc1cc(C)no1. The maximum atomic E-state index is 12.2. The van der Waals surface area contributed by atoms with Crippen molar-refractivity contribution in [1.29, 1.82) is 0 Å². The van der Waals surface area contributed by atoms with E-state index in [4.69, 9.17) is 9.26 Å². The summed E-state index contributed by atoms with van der Waals surface area (Å²) in [5.74, 6) is 0.361. The highest BCUT2D eigenvalue weighted by atomic mass is 16.5. The molecule has 0 saturated heterocycles. The highest BCUT2D eigenvalue weighted by molar-refractivity contribution is 5.96. The molecule has 0 saturated carbocycles. The summed E-state index contributed by atoms with van der Waals surface area (Å²) < 4.78 is 10.2. The standard InChI is InChI=1S/C16H20N4O4/c1-9-7-15(24-20-9)19-16(22)10(2)17-13-8-12(18-11(3)21)5-6-14(13)23-4/h5-8,10,17H,1-4H3,(H,18,21)(H,19,22). The van der Waals surface area contributed by atoms with Crippen molar-refractivity contribution in [1.82, 2.24) is 5.16 Å². The van der Waals surface area contributed by atoms with Crippen LogP contribution in [0.5, 0.6) is 5.75 Å². The molecule has 128 valence electrons. The molecule has 0 bridgehead atoms. The Morgan fingerprint density at radius 3 is 2.58 bits per heavy atom. The molecule has 0 fully saturated rings. The van der Waals surface area contributed by atoms with Crippen molar-refractivity contribution in [2.45, 2.75) is 26.8 Å². The Balaban J connectivity index is 2.09. The number of anilines is 3. The van der Waals surface area contributed by atoms with Crippen LogP contribution in [0.3, 0.4) is 0 Å². The van der Waals surface area contributed by atoms with Gasteiger partial charge in [0.05, 0.1) is 18.5 Å². The second-order valence-electron chi connectivity index (χ2n) is 5.28. The van der Waals surface area contributed by atoms with Gasteiger partial charge in [0.1, 0.15) is 11.8 Å². The molecule has 2 amide bonds. The van der Waals surface area contributed by atoms with E-state index >= 15 is 0 Å². The summed E-state index contributed by atoms with van der Waals surface area (Å²) in [4.78, 5) is 23.4. The van der Waals surface area contributed by atoms with Crippen molar-refractivity contribution >= 4 is 29.1 Å². The lowest BCUT2D eigenvalue weighted by Gasteiger charge is -2.17. The van der Waals surface area contributed by atoms with Gasteiger partial charge in [0, 0.05) is 18.7 Å². The van der Waals surface area contributed by atoms with Gasteiger partial charge < -0.3 is 19.9 Å². The van der Waals surface area contributed by atoms with E-state index in [9.17, 15) is 9.59 Å². The maximum Gasteiger partial charge on any atom is 0.248 e. The number of benzene rings is 1. The van der Waals surface area contributed by atoms with E-state index in [-0.39, 0.29) is 17.7 Å². The number of nitrogens with one attached hydrogen (secondary N) is 3. The second kappa shape index (κ2) is 7.49. The minimum atomic E-state index is -0.572. The molecule has 2 aromatic rings. The van der Waals surface area contributed by atoms with Crippen LogP contribution in [0.15, 0.2) is 28.8 Å². The van der Waals surface area contributed by atoms with Gasteiger partial charge in [-0.2, -0.15) is 0 Å². The van der Waals surface area contributed by atoms with Crippen molar-refractivity contribution in [3.63, 3.8) is 0 Å². The highest BCUT2D eigenvalue weighted by Gasteiger charge is 2.17. The quantitative estimate of drug-likeness (QED) is 0.750. The van der Waals surface area contributed by atoms with Crippen LogP contribution >= 0.6 is 0 Å². The molecule has 24 heavy (non-hydrogen) atoms. The van der Waals surface area contributed by atoms with Crippen molar-refractivity contribution in [3.8, 4) is 5.75 Å². The van der Waals surface area contributed by atoms with Gasteiger partial charge in [0.2, 0.25) is 17.7 Å². The number of rotatable bonds is 6. The maximum absolute atomic E-state index is 12.2.